The zero-order valence-corrected chi connectivity index (χ0v) is 14.3. The highest BCUT2D eigenvalue weighted by Crippen LogP contribution is 2.36. The van der Waals surface area contributed by atoms with E-state index in [4.69, 9.17) is 16.7 Å². The predicted molar refractivity (Wildman–Crippen MR) is 91.6 cm³/mol. The van der Waals surface area contributed by atoms with Gasteiger partial charge in [0.25, 0.3) is 5.91 Å². The van der Waals surface area contributed by atoms with Gasteiger partial charge in [-0.1, -0.05) is 11.6 Å². The first-order valence-electron chi connectivity index (χ1n) is 6.95. The Hall–Kier alpha value is -2.82. The van der Waals surface area contributed by atoms with Gasteiger partial charge in [0.15, 0.2) is 5.69 Å². The highest BCUT2D eigenvalue weighted by atomic mass is 35.5. The highest BCUT2D eigenvalue weighted by Gasteiger charge is 2.17. The number of sulfonamides is 1. The number of nitrogens with one attached hydrogen (secondary N) is 1. The third-order valence-corrected chi connectivity index (χ3v) is 4.83. The number of aromatic amines is 1. The number of nitrogens with two attached hydrogens (primary N) is 1. The van der Waals surface area contributed by atoms with Crippen molar-refractivity contribution in [1.82, 2.24) is 4.98 Å². The largest absolute Gasteiger partial charge is 0.493 e. The van der Waals surface area contributed by atoms with Crippen molar-refractivity contribution in [2.45, 2.75) is 4.90 Å². The van der Waals surface area contributed by atoms with Gasteiger partial charge in [-0.05, 0) is 36.4 Å². The smallest absolute Gasteiger partial charge is 0.295 e. The molecule has 134 valence electrons. The normalized spacial score (nSPS) is 12.1. The van der Waals surface area contributed by atoms with E-state index in [2.05, 4.69) is 15.2 Å². The van der Waals surface area contributed by atoms with Crippen LogP contribution in [0.25, 0.3) is 10.9 Å². The van der Waals surface area contributed by atoms with E-state index in [1.165, 1.54) is 24.3 Å². The van der Waals surface area contributed by atoms with Gasteiger partial charge in [-0.3, -0.25) is 4.79 Å². The zero-order valence-electron chi connectivity index (χ0n) is 12.8. The minimum absolute atomic E-state index is 0.131. The van der Waals surface area contributed by atoms with Crippen molar-refractivity contribution >= 4 is 44.1 Å². The number of carbonyl (C=O) groups excluding carboxylic acids is 1. The summed E-state index contributed by atoms with van der Waals surface area (Å²) < 4.78 is 36.3. The topological polar surface area (TPSA) is 138 Å². The summed E-state index contributed by atoms with van der Waals surface area (Å²) in [5.74, 6) is -1.87. The molecule has 0 saturated carbocycles. The molecule has 26 heavy (non-hydrogen) atoms. The maximum absolute atomic E-state index is 13.4. The van der Waals surface area contributed by atoms with Crippen LogP contribution < -0.4 is 5.14 Å². The summed E-state index contributed by atoms with van der Waals surface area (Å²) >= 11 is 5.75. The van der Waals surface area contributed by atoms with Crippen molar-refractivity contribution in [1.29, 1.82) is 0 Å². The average molecular weight is 397 g/mol. The molecule has 0 aliphatic heterocycles. The Morgan fingerprint density at radius 3 is 2.65 bits per heavy atom. The van der Waals surface area contributed by atoms with E-state index in [1.807, 2.05) is 0 Å². The number of carbonyl (C=O) groups is 1. The number of nitrogens with zero attached hydrogens (tertiary/aromatic N) is 2. The average Bonchev–Trinajstić information content (AvgIpc) is 2.86. The van der Waals surface area contributed by atoms with Gasteiger partial charge in [0.1, 0.15) is 10.7 Å². The van der Waals surface area contributed by atoms with E-state index in [1.54, 1.807) is 0 Å². The van der Waals surface area contributed by atoms with Gasteiger partial charge in [-0.2, -0.15) is 0 Å². The second kappa shape index (κ2) is 6.48. The van der Waals surface area contributed by atoms with Crippen LogP contribution in [0.5, 0.6) is 5.88 Å². The molecule has 0 spiro atoms. The predicted octanol–water partition coefficient (Wildman–Crippen LogP) is 3.24. The molecule has 0 aliphatic carbocycles. The number of halogens is 2. The van der Waals surface area contributed by atoms with Crippen molar-refractivity contribution in [3.63, 3.8) is 0 Å². The number of primary sulfonamides is 1. The van der Waals surface area contributed by atoms with E-state index in [9.17, 15) is 22.7 Å². The molecule has 11 heteroatoms. The number of fused-ring (bicyclic) bond motifs is 1. The van der Waals surface area contributed by atoms with Crippen LogP contribution in [0.2, 0.25) is 5.02 Å². The molecular weight excluding hydrogens is 387 g/mol. The molecule has 1 aromatic heterocycles. The number of H-pyrrole nitrogens is 1. The Morgan fingerprint density at radius 2 is 1.96 bits per heavy atom. The SMILES string of the molecule is NS(=O)(=O)c1cc(C(=O)N=Nc2c(O)[nH]c3ccc(F)cc23)ccc1Cl. The van der Waals surface area contributed by atoms with Crippen LogP contribution in [0.4, 0.5) is 10.1 Å². The van der Waals surface area contributed by atoms with Crippen LogP contribution in [0.1, 0.15) is 10.4 Å². The summed E-state index contributed by atoms with van der Waals surface area (Å²) in [4.78, 5) is 14.3. The maximum Gasteiger partial charge on any atom is 0.295 e. The molecule has 4 N–H and O–H groups in total. The molecule has 0 bridgehead atoms. The van der Waals surface area contributed by atoms with E-state index >= 15 is 0 Å². The van der Waals surface area contributed by atoms with Gasteiger partial charge < -0.3 is 10.1 Å². The fourth-order valence-corrected chi connectivity index (χ4v) is 3.32. The number of azo groups is 1. The lowest BCUT2D eigenvalue weighted by atomic mass is 10.2. The molecule has 1 amide bonds. The fraction of sp³-hybridized carbons (Fsp3) is 0. The first-order valence-corrected chi connectivity index (χ1v) is 8.88. The Labute approximate surface area is 151 Å². The van der Waals surface area contributed by atoms with Gasteiger partial charge in [-0.15, -0.1) is 10.2 Å². The van der Waals surface area contributed by atoms with Crippen LogP contribution in [0.3, 0.4) is 0 Å². The molecule has 2 aromatic carbocycles. The van der Waals surface area contributed by atoms with Crippen LogP contribution in [0.15, 0.2) is 51.5 Å². The molecular formula is C15H10ClFN4O4S. The number of aromatic hydroxyl groups is 1. The zero-order chi connectivity index (χ0) is 19.1. The third-order valence-electron chi connectivity index (χ3n) is 3.44. The number of hydrogen-bond acceptors (Lipinski definition) is 5. The monoisotopic (exact) mass is 396 g/mol. The van der Waals surface area contributed by atoms with Crippen molar-refractivity contribution < 1.29 is 22.7 Å². The molecule has 1 heterocycles. The lowest BCUT2D eigenvalue weighted by molar-refractivity contribution is 0.0995. The first kappa shape index (κ1) is 18.0. The number of hydrogen-bond donors (Lipinski definition) is 3. The number of rotatable bonds is 3. The second-order valence-corrected chi connectivity index (χ2v) is 7.14. The molecule has 0 aliphatic rings. The first-order chi connectivity index (χ1) is 12.2. The van der Waals surface area contributed by atoms with Crippen molar-refractivity contribution in [2.24, 2.45) is 15.4 Å². The summed E-state index contributed by atoms with van der Waals surface area (Å²) in [5.41, 5.74) is 0.134. The highest BCUT2D eigenvalue weighted by molar-refractivity contribution is 7.89. The van der Waals surface area contributed by atoms with Crippen molar-refractivity contribution in [2.75, 3.05) is 0 Å². The van der Waals surface area contributed by atoms with Gasteiger partial charge in [0.2, 0.25) is 15.9 Å². The van der Waals surface area contributed by atoms with E-state index in [-0.39, 0.29) is 21.7 Å². The lowest BCUT2D eigenvalue weighted by Gasteiger charge is -2.02. The van der Waals surface area contributed by atoms with Crippen LogP contribution in [-0.4, -0.2) is 24.4 Å². The summed E-state index contributed by atoms with van der Waals surface area (Å²) in [7, 11) is -4.13. The molecule has 3 rings (SSSR count). The van der Waals surface area contributed by atoms with Crippen LogP contribution in [0, 0.1) is 5.82 Å². The molecule has 3 aromatic rings. The maximum atomic E-state index is 13.4. The summed E-state index contributed by atoms with van der Waals surface area (Å²) in [6.07, 6.45) is 0. The second-order valence-electron chi connectivity index (χ2n) is 5.21. The Kier molecular flexibility index (Phi) is 4.48. The number of aromatic nitrogens is 1. The van der Waals surface area contributed by atoms with Gasteiger partial charge >= 0.3 is 0 Å². The Bertz CT molecular complexity index is 1170. The Balaban J connectivity index is 1.99. The van der Waals surface area contributed by atoms with Crippen LogP contribution in [-0.2, 0) is 10.0 Å². The summed E-state index contributed by atoms with van der Waals surface area (Å²) in [6, 6.07) is 7.09. The molecule has 0 radical (unpaired) electrons. The van der Waals surface area contributed by atoms with Gasteiger partial charge in [0, 0.05) is 10.9 Å². The van der Waals surface area contributed by atoms with Gasteiger partial charge in [0.05, 0.1) is 10.5 Å². The standard InChI is InChI=1S/C15H10ClFN4O4S/c16-10-3-1-7(5-12(10)26(18,24)25)14(22)21-20-13-9-6-8(17)2-4-11(9)19-15(13)23/h1-6,19,23H,(H2,18,24,25). The molecule has 8 nitrogen and oxygen atoms in total. The van der Waals surface area contributed by atoms with E-state index < -0.39 is 32.5 Å². The summed E-state index contributed by atoms with van der Waals surface area (Å²) in [5, 5.41) is 22.0. The fourth-order valence-electron chi connectivity index (χ4n) is 2.24. The van der Waals surface area contributed by atoms with Gasteiger partial charge in [-0.25, -0.2) is 17.9 Å². The molecule has 0 fully saturated rings. The minimum atomic E-state index is -4.13. The van der Waals surface area contributed by atoms with Crippen LogP contribution >= 0.6 is 11.6 Å². The minimum Gasteiger partial charge on any atom is -0.493 e. The third kappa shape index (κ3) is 3.43. The van der Waals surface area contributed by atoms with Crippen molar-refractivity contribution in [3.8, 4) is 5.88 Å². The number of amides is 1. The molecule has 0 atom stereocenters. The molecule has 0 saturated heterocycles. The molecule has 0 unspecified atom stereocenters. The van der Waals surface area contributed by atoms with E-state index in [0.717, 1.165) is 12.1 Å². The number of benzene rings is 2. The van der Waals surface area contributed by atoms with E-state index in [0.29, 0.717) is 5.52 Å². The lowest BCUT2D eigenvalue weighted by Crippen LogP contribution is -2.13. The van der Waals surface area contributed by atoms with Crippen molar-refractivity contribution in [3.05, 3.63) is 52.8 Å². The quantitative estimate of drug-likeness (QED) is 0.585. The Morgan fingerprint density at radius 1 is 1.23 bits per heavy atom. The summed E-state index contributed by atoms with van der Waals surface area (Å²) in [6.45, 7) is 0.